The molecule has 0 spiro atoms. The van der Waals surface area contributed by atoms with Crippen molar-refractivity contribution in [3.05, 3.63) is 55.0 Å². The molecule has 0 aromatic rings. The van der Waals surface area contributed by atoms with Crippen LogP contribution in [0.5, 0.6) is 0 Å². The summed E-state index contributed by atoms with van der Waals surface area (Å²) in [5, 5.41) is 0. The molecule has 0 rings (SSSR count). The van der Waals surface area contributed by atoms with Crippen LogP contribution in [0.3, 0.4) is 0 Å². The van der Waals surface area contributed by atoms with E-state index in [1.54, 1.807) is 0 Å². The highest BCUT2D eigenvalue weighted by molar-refractivity contribution is 5.29. The molecule has 0 heterocycles. The number of hydrogen-bond acceptors (Lipinski definition) is 0. The van der Waals surface area contributed by atoms with E-state index < -0.39 is 0 Å². The van der Waals surface area contributed by atoms with Gasteiger partial charge in [0.1, 0.15) is 0 Å². The molecular weight excluding hydrogens is 216 g/mol. The number of rotatable bonds is 9. The van der Waals surface area contributed by atoms with Gasteiger partial charge in [0.15, 0.2) is 0 Å². The fourth-order valence-electron chi connectivity index (χ4n) is 2.27. The highest BCUT2D eigenvalue weighted by atomic mass is 14.2. The first-order valence-corrected chi connectivity index (χ1v) is 6.99. The van der Waals surface area contributed by atoms with Crippen molar-refractivity contribution in [2.75, 3.05) is 0 Å². The van der Waals surface area contributed by atoms with Gasteiger partial charge < -0.3 is 0 Å². The van der Waals surface area contributed by atoms with Crippen molar-refractivity contribution < 1.29 is 0 Å². The average molecular weight is 245 g/mol. The van der Waals surface area contributed by atoms with Crippen molar-refractivity contribution in [3.63, 3.8) is 0 Å². The van der Waals surface area contributed by atoms with E-state index in [0.29, 0.717) is 11.8 Å². The van der Waals surface area contributed by atoms with Gasteiger partial charge >= 0.3 is 0 Å². The molecule has 0 aliphatic carbocycles. The Morgan fingerprint density at radius 1 is 1.28 bits per heavy atom. The molecule has 0 N–H and O–H groups in total. The van der Waals surface area contributed by atoms with Crippen LogP contribution in [0.2, 0.25) is 0 Å². The van der Waals surface area contributed by atoms with Crippen LogP contribution in [-0.4, -0.2) is 0 Å². The topological polar surface area (TPSA) is 0 Å². The maximum Gasteiger partial charge on any atom is 0.0108 e. The van der Waals surface area contributed by atoms with Crippen molar-refractivity contribution in [2.45, 2.75) is 47.0 Å². The Balaban J connectivity index is 4.92. The van der Waals surface area contributed by atoms with Gasteiger partial charge in [-0.05, 0) is 44.9 Å². The summed E-state index contributed by atoms with van der Waals surface area (Å²) < 4.78 is 0. The summed E-state index contributed by atoms with van der Waals surface area (Å²) >= 11 is 0. The molecular formula is C18H29. The molecule has 18 heavy (non-hydrogen) atoms. The van der Waals surface area contributed by atoms with Gasteiger partial charge in [0.2, 0.25) is 0 Å². The van der Waals surface area contributed by atoms with Gasteiger partial charge in [-0.2, -0.15) is 0 Å². The molecule has 0 bridgehead atoms. The van der Waals surface area contributed by atoms with Gasteiger partial charge in [-0.15, -0.1) is 13.2 Å². The van der Waals surface area contributed by atoms with Crippen LogP contribution in [0.15, 0.2) is 49.1 Å². The quantitative estimate of drug-likeness (QED) is 0.444. The SMILES string of the molecule is C=CCC(C)C=C(C)[C](CC=CC)C(C=C)CC. The molecule has 0 aliphatic rings. The predicted octanol–water partition coefficient (Wildman–Crippen LogP) is 5.90. The number of allylic oxidation sites excluding steroid dienone is 6. The zero-order valence-electron chi connectivity index (χ0n) is 12.6. The van der Waals surface area contributed by atoms with Gasteiger partial charge in [-0.25, -0.2) is 0 Å². The van der Waals surface area contributed by atoms with Crippen LogP contribution < -0.4 is 0 Å². The van der Waals surface area contributed by atoms with E-state index in [1.807, 2.05) is 6.08 Å². The number of hydrogen-bond donors (Lipinski definition) is 0. The molecule has 101 valence electrons. The zero-order chi connectivity index (χ0) is 14.0. The third-order valence-electron chi connectivity index (χ3n) is 3.32. The maximum absolute atomic E-state index is 3.97. The molecule has 2 unspecified atom stereocenters. The van der Waals surface area contributed by atoms with E-state index in [9.17, 15) is 0 Å². The molecule has 1 radical (unpaired) electrons. The summed E-state index contributed by atoms with van der Waals surface area (Å²) in [7, 11) is 0. The molecule has 0 heteroatoms. The lowest BCUT2D eigenvalue weighted by molar-refractivity contribution is 0.627. The molecule has 0 aromatic carbocycles. The van der Waals surface area contributed by atoms with Crippen LogP contribution >= 0.6 is 0 Å². The van der Waals surface area contributed by atoms with Crippen LogP contribution in [-0.2, 0) is 0 Å². The van der Waals surface area contributed by atoms with Crippen LogP contribution in [0.25, 0.3) is 0 Å². The van der Waals surface area contributed by atoms with Crippen molar-refractivity contribution in [3.8, 4) is 0 Å². The lowest BCUT2D eigenvalue weighted by Gasteiger charge is -2.23. The fourth-order valence-corrected chi connectivity index (χ4v) is 2.27. The second kappa shape index (κ2) is 9.94. The van der Waals surface area contributed by atoms with Gasteiger partial charge in [-0.3, -0.25) is 0 Å². The highest BCUT2D eigenvalue weighted by Gasteiger charge is 2.18. The summed E-state index contributed by atoms with van der Waals surface area (Å²) in [6.07, 6.45) is 14.0. The van der Waals surface area contributed by atoms with Gasteiger partial charge in [0.05, 0.1) is 0 Å². The van der Waals surface area contributed by atoms with E-state index in [2.05, 4.69) is 65.2 Å². The average Bonchev–Trinajstić information content (AvgIpc) is 2.34. The Bertz CT molecular complexity index is 293. The van der Waals surface area contributed by atoms with Crippen LogP contribution in [0, 0.1) is 17.8 Å². The Kier molecular flexibility index (Phi) is 9.36. The summed E-state index contributed by atoms with van der Waals surface area (Å²) in [4.78, 5) is 0. The van der Waals surface area contributed by atoms with Gasteiger partial charge in [-0.1, -0.05) is 49.8 Å². The molecule has 0 aromatic heterocycles. The van der Waals surface area contributed by atoms with Crippen LogP contribution in [0.4, 0.5) is 0 Å². The summed E-state index contributed by atoms with van der Waals surface area (Å²) in [6.45, 7) is 16.5. The van der Waals surface area contributed by atoms with Crippen LogP contribution in [0.1, 0.15) is 47.0 Å². The molecule has 0 nitrogen and oxygen atoms in total. The van der Waals surface area contributed by atoms with E-state index in [0.717, 1.165) is 19.3 Å². The highest BCUT2D eigenvalue weighted by Crippen LogP contribution is 2.31. The minimum Gasteiger partial charge on any atom is -0.103 e. The maximum atomic E-state index is 3.97. The van der Waals surface area contributed by atoms with E-state index in [-0.39, 0.29) is 0 Å². The fraction of sp³-hybridized carbons (Fsp3) is 0.500. The molecule has 0 saturated heterocycles. The van der Waals surface area contributed by atoms with Gasteiger partial charge in [0, 0.05) is 5.92 Å². The summed E-state index contributed by atoms with van der Waals surface area (Å²) in [6, 6.07) is 0. The Hall–Kier alpha value is -1.04. The first-order valence-electron chi connectivity index (χ1n) is 6.99. The monoisotopic (exact) mass is 245 g/mol. The smallest absolute Gasteiger partial charge is 0.0108 e. The summed E-state index contributed by atoms with van der Waals surface area (Å²) in [5.74, 6) is 2.56. The van der Waals surface area contributed by atoms with E-state index >= 15 is 0 Å². The normalized spacial score (nSPS) is 15.9. The van der Waals surface area contributed by atoms with Crippen molar-refractivity contribution in [1.82, 2.24) is 0 Å². The lowest BCUT2D eigenvalue weighted by atomic mass is 9.81. The van der Waals surface area contributed by atoms with Crippen molar-refractivity contribution in [1.29, 1.82) is 0 Å². The summed E-state index contributed by atoms with van der Waals surface area (Å²) in [5.41, 5.74) is 1.41. The third-order valence-corrected chi connectivity index (χ3v) is 3.32. The van der Waals surface area contributed by atoms with E-state index in [1.165, 1.54) is 11.5 Å². The Labute approximate surface area is 114 Å². The minimum atomic E-state index is 0.494. The standard InChI is InChI=1S/C18H29/c1-7-11-13-18(17(9-3)10-4)16(6)14-15(5)12-8-2/h7-9,11,14-15,17H,2-3,10,12-13H2,1,4-6H3. The first-order chi connectivity index (χ1) is 8.60. The molecule has 0 aliphatic heterocycles. The zero-order valence-corrected chi connectivity index (χ0v) is 12.6. The minimum absolute atomic E-state index is 0.494. The second-order valence-corrected chi connectivity index (χ2v) is 4.90. The van der Waals surface area contributed by atoms with Crippen molar-refractivity contribution in [2.24, 2.45) is 11.8 Å². The Morgan fingerprint density at radius 3 is 2.39 bits per heavy atom. The van der Waals surface area contributed by atoms with E-state index in [4.69, 9.17) is 0 Å². The second-order valence-electron chi connectivity index (χ2n) is 4.90. The van der Waals surface area contributed by atoms with Crippen molar-refractivity contribution >= 4 is 0 Å². The first kappa shape index (κ1) is 17.0. The molecule has 2 atom stereocenters. The molecule has 0 saturated carbocycles. The predicted molar refractivity (Wildman–Crippen MR) is 84.4 cm³/mol. The Morgan fingerprint density at radius 2 is 1.94 bits per heavy atom. The van der Waals surface area contributed by atoms with Gasteiger partial charge in [0.25, 0.3) is 0 Å². The molecule has 0 amide bonds. The lowest BCUT2D eigenvalue weighted by Crippen LogP contribution is -2.11. The largest absolute Gasteiger partial charge is 0.103 e. The third kappa shape index (κ3) is 6.05. The molecule has 0 fully saturated rings.